The molecule has 0 aliphatic carbocycles. The molecule has 2 heterocycles. The highest BCUT2D eigenvalue weighted by Crippen LogP contribution is 2.26. The molecule has 2 aromatic carbocycles. The predicted octanol–water partition coefficient (Wildman–Crippen LogP) is 4.03. The van der Waals surface area contributed by atoms with Crippen LogP contribution in [0.25, 0.3) is 16.9 Å². The van der Waals surface area contributed by atoms with Crippen LogP contribution in [-0.4, -0.2) is 29.0 Å². The number of aromatic nitrogens is 2. The minimum atomic E-state index is -0.244. The highest BCUT2D eigenvalue weighted by molar-refractivity contribution is 5.92. The number of methoxy groups -OCH3 is 1. The number of pyridine rings is 1. The Kier molecular flexibility index (Phi) is 4.93. The van der Waals surface area contributed by atoms with E-state index in [-0.39, 0.29) is 12.5 Å². The second-order valence-electron chi connectivity index (χ2n) is 6.16. The summed E-state index contributed by atoms with van der Waals surface area (Å²) in [5.74, 6) is 0.876. The summed E-state index contributed by atoms with van der Waals surface area (Å²) in [5.41, 5.74) is 3.44. The van der Waals surface area contributed by atoms with E-state index in [1.807, 2.05) is 71.4 Å². The Morgan fingerprint density at radius 1 is 1.00 bits per heavy atom. The maximum atomic E-state index is 12.2. The molecule has 0 spiro atoms. The molecule has 6 nitrogen and oxygen atoms in total. The fraction of sp³-hybridized carbons (Fsp3) is 0.0909. The van der Waals surface area contributed by atoms with Crippen LogP contribution in [0.4, 0.5) is 5.69 Å². The lowest BCUT2D eigenvalue weighted by atomic mass is 10.1. The third kappa shape index (κ3) is 3.81. The third-order valence-corrected chi connectivity index (χ3v) is 4.26. The first-order valence-corrected chi connectivity index (χ1v) is 8.83. The molecule has 1 N–H and O–H groups in total. The molecule has 6 heteroatoms. The molecule has 0 radical (unpaired) electrons. The SMILES string of the molecule is COc1ccccc1OCC(=O)Nc1ccc(-c2cn3ccccc3n2)cc1. The first-order chi connectivity index (χ1) is 13.7. The van der Waals surface area contributed by atoms with Crippen molar-refractivity contribution in [1.82, 2.24) is 9.38 Å². The summed E-state index contributed by atoms with van der Waals surface area (Å²) in [6.45, 7) is -0.103. The van der Waals surface area contributed by atoms with Gasteiger partial charge in [-0.3, -0.25) is 4.79 Å². The molecule has 1 amide bonds. The number of carbonyl (C=O) groups is 1. The Hall–Kier alpha value is -3.80. The van der Waals surface area contributed by atoms with E-state index in [0.717, 1.165) is 16.9 Å². The second kappa shape index (κ2) is 7.84. The Morgan fingerprint density at radius 2 is 1.75 bits per heavy atom. The van der Waals surface area contributed by atoms with Gasteiger partial charge < -0.3 is 19.2 Å². The number of hydrogen-bond donors (Lipinski definition) is 1. The average Bonchev–Trinajstić information content (AvgIpc) is 3.17. The van der Waals surface area contributed by atoms with Crippen LogP contribution in [0.3, 0.4) is 0 Å². The highest BCUT2D eigenvalue weighted by Gasteiger charge is 2.08. The Labute approximate surface area is 162 Å². The van der Waals surface area contributed by atoms with Gasteiger partial charge in [0.1, 0.15) is 5.65 Å². The third-order valence-electron chi connectivity index (χ3n) is 4.26. The summed E-state index contributed by atoms with van der Waals surface area (Å²) in [5, 5.41) is 2.82. The van der Waals surface area contributed by atoms with Crippen LogP contribution in [0.1, 0.15) is 0 Å². The standard InChI is InChI=1S/C22H19N3O3/c1-27-19-6-2-3-7-20(19)28-15-22(26)23-17-11-9-16(10-12-17)18-14-25-13-5-4-8-21(25)24-18/h2-14H,15H2,1H3,(H,23,26). The number of anilines is 1. The van der Waals surface area contributed by atoms with E-state index < -0.39 is 0 Å². The molecule has 4 rings (SSSR count). The smallest absolute Gasteiger partial charge is 0.262 e. The van der Waals surface area contributed by atoms with Gasteiger partial charge in [-0.2, -0.15) is 0 Å². The minimum Gasteiger partial charge on any atom is -0.493 e. The molecule has 0 aliphatic rings. The van der Waals surface area contributed by atoms with Gasteiger partial charge in [-0.05, 0) is 36.4 Å². The summed E-state index contributed by atoms with van der Waals surface area (Å²) in [7, 11) is 1.56. The second-order valence-corrected chi connectivity index (χ2v) is 6.16. The van der Waals surface area contributed by atoms with Crippen molar-refractivity contribution in [2.45, 2.75) is 0 Å². The molecule has 0 saturated carbocycles. The topological polar surface area (TPSA) is 64.9 Å². The summed E-state index contributed by atoms with van der Waals surface area (Å²) in [6, 6.07) is 20.6. The van der Waals surface area contributed by atoms with Crippen LogP contribution in [0.5, 0.6) is 11.5 Å². The van der Waals surface area contributed by atoms with Crippen molar-refractivity contribution < 1.29 is 14.3 Å². The Morgan fingerprint density at radius 3 is 2.50 bits per heavy atom. The number of imidazole rings is 1. The number of nitrogens with one attached hydrogen (secondary N) is 1. The number of amides is 1. The largest absolute Gasteiger partial charge is 0.493 e. The fourth-order valence-corrected chi connectivity index (χ4v) is 2.88. The van der Waals surface area contributed by atoms with Crippen LogP contribution in [0.2, 0.25) is 0 Å². The normalized spacial score (nSPS) is 10.6. The predicted molar refractivity (Wildman–Crippen MR) is 108 cm³/mol. The van der Waals surface area contributed by atoms with E-state index >= 15 is 0 Å². The van der Waals surface area contributed by atoms with Gasteiger partial charge >= 0.3 is 0 Å². The molecule has 28 heavy (non-hydrogen) atoms. The number of rotatable bonds is 6. The molecule has 0 fully saturated rings. The van der Waals surface area contributed by atoms with Gasteiger partial charge in [-0.15, -0.1) is 0 Å². The van der Waals surface area contributed by atoms with Crippen LogP contribution in [-0.2, 0) is 4.79 Å². The van der Waals surface area contributed by atoms with Crippen molar-refractivity contribution in [2.24, 2.45) is 0 Å². The van der Waals surface area contributed by atoms with Crippen LogP contribution < -0.4 is 14.8 Å². The molecular formula is C22H19N3O3. The number of para-hydroxylation sites is 2. The number of nitrogens with zero attached hydrogens (tertiary/aromatic N) is 2. The molecule has 0 bridgehead atoms. The Bertz CT molecular complexity index is 1070. The molecule has 0 atom stereocenters. The zero-order chi connectivity index (χ0) is 19.3. The summed E-state index contributed by atoms with van der Waals surface area (Å²) >= 11 is 0. The maximum Gasteiger partial charge on any atom is 0.262 e. The van der Waals surface area contributed by atoms with Crippen molar-refractivity contribution >= 4 is 17.2 Å². The minimum absolute atomic E-state index is 0.103. The van der Waals surface area contributed by atoms with E-state index in [0.29, 0.717) is 17.2 Å². The van der Waals surface area contributed by atoms with Crippen LogP contribution in [0, 0.1) is 0 Å². The van der Waals surface area contributed by atoms with Crippen molar-refractivity contribution in [3.63, 3.8) is 0 Å². The van der Waals surface area contributed by atoms with Gasteiger partial charge in [0.05, 0.1) is 12.8 Å². The summed E-state index contributed by atoms with van der Waals surface area (Å²) in [4.78, 5) is 16.8. The quantitative estimate of drug-likeness (QED) is 0.554. The zero-order valence-corrected chi connectivity index (χ0v) is 15.3. The van der Waals surface area contributed by atoms with Crippen molar-refractivity contribution in [3.05, 3.63) is 79.1 Å². The molecule has 140 valence electrons. The first-order valence-electron chi connectivity index (χ1n) is 8.83. The molecular weight excluding hydrogens is 354 g/mol. The molecule has 2 aromatic heterocycles. The van der Waals surface area contributed by atoms with Crippen molar-refractivity contribution in [3.8, 4) is 22.8 Å². The first kappa shape index (κ1) is 17.6. The molecule has 0 aliphatic heterocycles. The highest BCUT2D eigenvalue weighted by atomic mass is 16.5. The lowest BCUT2D eigenvalue weighted by Crippen LogP contribution is -2.20. The van der Waals surface area contributed by atoms with Crippen LogP contribution in [0.15, 0.2) is 79.1 Å². The van der Waals surface area contributed by atoms with Gasteiger partial charge in [0.2, 0.25) is 0 Å². The van der Waals surface area contributed by atoms with Gasteiger partial charge in [0.25, 0.3) is 5.91 Å². The molecule has 4 aromatic rings. The lowest BCUT2D eigenvalue weighted by molar-refractivity contribution is -0.118. The van der Waals surface area contributed by atoms with Crippen molar-refractivity contribution in [1.29, 1.82) is 0 Å². The summed E-state index contributed by atoms with van der Waals surface area (Å²) < 4.78 is 12.7. The lowest BCUT2D eigenvalue weighted by Gasteiger charge is -2.10. The number of ether oxygens (including phenoxy) is 2. The average molecular weight is 373 g/mol. The Balaban J connectivity index is 1.39. The molecule has 0 unspecified atom stereocenters. The molecule has 0 saturated heterocycles. The van der Waals surface area contributed by atoms with Gasteiger partial charge in [0.15, 0.2) is 18.1 Å². The fourth-order valence-electron chi connectivity index (χ4n) is 2.88. The van der Waals surface area contributed by atoms with E-state index in [1.54, 1.807) is 19.2 Å². The summed E-state index contributed by atoms with van der Waals surface area (Å²) in [6.07, 6.45) is 3.94. The zero-order valence-electron chi connectivity index (χ0n) is 15.3. The van der Waals surface area contributed by atoms with E-state index in [1.165, 1.54) is 0 Å². The van der Waals surface area contributed by atoms with Crippen LogP contribution >= 0.6 is 0 Å². The number of fused-ring (bicyclic) bond motifs is 1. The number of benzene rings is 2. The maximum absolute atomic E-state index is 12.2. The van der Waals surface area contributed by atoms with E-state index in [2.05, 4.69) is 10.3 Å². The van der Waals surface area contributed by atoms with Gasteiger partial charge in [0, 0.05) is 23.6 Å². The van der Waals surface area contributed by atoms with E-state index in [4.69, 9.17) is 9.47 Å². The van der Waals surface area contributed by atoms with Gasteiger partial charge in [-0.1, -0.05) is 30.3 Å². The van der Waals surface area contributed by atoms with Gasteiger partial charge in [-0.25, -0.2) is 4.98 Å². The number of carbonyl (C=O) groups excluding carboxylic acids is 1. The monoisotopic (exact) mass is 373 g/mol. The van der Waals surface area contributed by atoms with Crippen molar-refractivity contribution in [2.75, 3.05) is 19.0 Å². The van der Waals surface area contributed by atoms with E-state index in [9.17, 15) is 4.79 Å². The number of hydrogen-bond acceptors (Lipinski definition) is 4.